The van der Waals surface area contributed by atoms with E-state index in [-0.39, 0.29) is 11.4 Å². The zero-order valence-electron chi connectivity index (χ0n) is 12.0. The second-order valence-electron chi connectivity index (χ2n) is 5.66. The highest BCUT2D eigenvalue weighted by molar-refractivity contribution is 7.99. The van der Waals surface area contributed by atoms with E-state index in [1.807, 2.05) is 0 Å². The monoisotopic (exact) mass is 314 g/mol. The minimum absolute atomic E-state index is 0.0308. The van der Waals surface area contributed by atoms with E-state index in [4.69, 9.17) is 5.73 Å². The van der Waals surface area contributed by atoms with Gasteiger partial charge in [-0.1, -0.05) is 23.9 Å². The normalized spacial score (nSPS) is 16.6. The molecule has 3 nitrogen and oxygen atoms in total. The Kier molecular flexibility index (Phi) is 5.22. The van der Waals surface area contributed by atoms with Crippen LogP contribution in [0.3, 0.4) is 0 Å². The van der Waals surface area contributed by atoms with Gasteiger partial charge in [-0.25, -0.2) is 0 Å². The van der Waals surface area contributed by atoms with Crippen LogP contribution in [0.1, 0.15) is 31.2 Å². The van der Waals surface area contributed by atoms with Gasteiger partial charge in [-0.05, 0) is 37.0 Å². The SMILES string of the molecule is CN(Cc1ccc(SC(F)F)cc1)C(=O)CC1(N)CCC1. The highest BCUT2D eigenvalue weighted by Crippen LogP contribution is 2.32. The van der Waals surface area contributed by atoms with Crippen LogP contribution in [0.2, 0.25) is 0 Å². The summed E-state index contributed by atoms with van der Waals surface area (Å²) >= 11 is 0.520. The molecule has 2 rings (SSSR count). The first-order valence-electron chi connectivity index (χ1n) is 6.95. The number of alkyl halides is 2. The standard InChI is InChI=1S/C15H20F2N2OS/c1-19(13(20)9-15(18)7-2-8-15)10-11-3-5-12(6-4-11)21-14(16)17/h3-6,14H,2,7-10,18H2,1H3. The molecule has 0 radical (unpaired) electrons. The number of hydrogen-bond donors (Lipinski definition) is 1. The van der Waals surface area contributed by atoms with Crippen molar-refractivity contribution in [3.05, 3.63) is 29.8 Å². The van der Waals surface area contributed by atoms with E-state index < -0.39 is 5.76 Å². The van der Waals surface area contributed by atoms with E-state index in [1.165, 1.54) is 0 Å². The third-order valence-corrected chi connectivity index (χ3v) is 4.57. The van der Waals surface area contributed by atoms with E-state index >= 15 is 0 Å². The summed E-state index contributed by atoms with van der Waals surface area (Å²) in [6.07, 6.45) is 3.29. The highest BCUT2D eigenvalue weighted by Gasteiger charge is 2.35. The maximum absolute atomic E-state index is 12.2. The van der Waals surface area contributed by atoms with Crippen LogP contribution in [0.15, 0.2) is 29.2 Å². The molecular formula is C15H20F2N2OS. The Morgan fingerprint density at radius 1 is 1.38 bits per heavy atom. The predicted molar refractivity (Wildman–Crippen MR) is 80.2 cm³/mol. The molecule has 1 aromatic rings. The maximum Gasteiger partial charge on any atom is 0.288 e. The van der Waals surface area contributed by atoms with Gasteiger partial charge in [0.1, 0.15) is 0 Å². The van der Waals surface area contributed by atoms with Crippen molar-refractivity contribution < 1.29 is 13.6 Å². The number of rotatable bonds is 6. The van der Waals surface area contributed by atoms with E-state index in [0.717, 1.165) is 24.8 Å². The number of thioether (sulfide) groups is 1. The number of nitrogens with two attached hydrogens (primary N) is 1. The Morgan fingerprint density at radius 3 is 2.48 bits per heavy atom. The van der Waals surface area contributed by atoms with Crippen LogP contribution < -0.4 is 5.73 Å². The van der Waals surface area contributed by atoms with Crippen molar-refractivity contribution in [3.8, 4) is 0 Å². The first kappa shape index (κ1) is 16.2. The number of benzene rings is 1. The van der Waals surface area contributed by atoms with Gasteiger partial charge in [0.25, 0.3) is 5.76 Å². The number of hydrogen-bond acceptors (Lipinski definition) is 3. The molecule has 1 amide bonds. The molecule has 0 unspecified atom stereocenters. The lowest BCUT2D eigenvalue weighted by molar-refractivity contribution is -0.132. The molecule has 0 bridgehead atoms. The van der Waals surface area contributed by atoms with Gasteiger partial charge in [-0.15, -0.1) is 0 Å². The Labute approximate surface area is 127 Å². The minimum Gasteiger partial charge on any atom is -0.341 e. The number of carbonyl (C=O) groups excluding carboxylic acids is 1. The Bertz CT molecular complexity index is 489. The molecule has 0 saturated heterocycles. The van der Waals surface area contributed by atoms with Crippen LogP contribution in [0.5, 0.6) is 0 Å². The van der Waals surface area contributed by atoms with Crippen molar-refractivity contribution in [2.75, 3.05) is 7.05 Å². The third-order valence-electron chi connectivity index (χ3n) is 3.85. The molecule has 1 aliphatic rings. The second-order valence-corrected chi connectivity index (χ2v) is 6.73. The van der Waals surface area contributed by atoms with Gasteiger partial charge in [0, 0.05) is 30.4 Å². The molecule has 2 N–H and O–H groups in total. The molecule has 0 aliphatic heterocycles. The smallest absolute Gasteiger partial charge is 0.288 e. The lowest BCUT2D eigenvalue weighted by Crippen LogP contribution is -2.50. The third kappa shape index (κ3) is 4.68. The lowest BCUT2D eigenvalue weighted by atomic mass is 9.75. The average molecular weight is 314 g/mol. The van der Waals surface area contributed by atoms with E-state index in [1.54, 1.807) is 36.2 Å². The molecule has 1 fully saturated rings. The van der Waals surface area contributed by atoms with Gasteiger partial charge >= 0.3 is 0 Å². The maximum atomic E-state index is 12.2. The fourth-order valence-corrected chi connectivity index (χ4v) is 2.88. The van der Waals surface area contributed by atoms with Gasteiger partial charge in [-0.2, -0.15) is 8.78 Å². The van der Waals surface area contributed by atoms with E-state index in [2.05, 4.69) is 0 Å². The van der Waals surface area contributed by atoms with Gasteiger partial charge in [0.2, 0.25) is 5.91 Å². The van der Waals surface area contributed by atoms with Crippen molar-refractivity contribution in [1.82, 2.24) is 4.90 Å². The van der Waals surface area contributed by atoms with Gasteiger partial charge in [-0.3, -0.25) is 4.79 Å². The predicted octanol–water partition coefficient (Wildman–Crippen LogP) is 3.23. The lowest BCUT2D eigenvalue weighted by Gasteiger charge is -2.38. The van der Waals surface area contributed by atoms with Crippen LogP contribution >= 0.6 is 11.8 Å². The summed E-state index contributed by atoms with van der Waals surface area (Å²) in [5, 5.41) is 0. The number of halogens is 2. The Balaban J connectivity index is 1.86. The van der Waals surface area contributed by atoms with Crippen LogP contribution in [0.25, 0.3) is 0 Å². The number of amides is 1. The van der Waals surface area contributed by atoms with Gasteiger partial charge in [0.15, 0.2) is 0 Å². The van der Waals surface area contributed by atoms with Gasteiger partial charge < -0.3 is 10.6 Å². The Hall–Kier alpha value is -1.14. The van der Waals surface area contributed by atoms with Crippen molar-refractivity contribution >= 4 is 17.7 Å². The number of nitrogens with zero attached hydrogens (tertiary/aromatic N) is 1. The fourth-order valence-electron chi connectivity index (χ4n) is 2.38. The van der Waals surface area contributed by atoms with Crippen LogP contribution in [-0.2, 0) is 11.3 Å². The first-order valence-corrected chi connectivity index (χ1v) is 7.82. The van der Waals surface area contributed by atoms with Crippen LogP contribution in [0, 0.1) is 0 Å². The van der Waals surface area contributed by atoms with Gasteiger partial charge in [0.05, 0.1) is 0 Å². The molecule has 1 aromatic carbocycles. The van der Waals surface area contributed by atoms with E-state index in [0.29, 0.717) is 29.6 Å². The zero-order chi connectivity index (χ0) is 15.5. The summed E-state index contributed by atoms with van der Waals surface area (Å²) in [4.78, 5) is 14.3. The van der Waals surface area contributed by atoms with E-state index in [9.17, 15) is 13.6 Å². The quantitative estimate of drug-likeness (QED) is 0.820. The van der Waals surface area contributed by atoms with Crippen LogP contribution in [-0.4, -0.2) is 29.2 Å². The summed E-state index contributed by atoms with van der Waals surface area (Å²) in [6.45, 7) is 0.467. The number of carbonyl (C=O) groups is 1. The average Bonchev–Trinajstić information content (AvgIpc) is 2.38. The molecular weight excluding hydrogens is 294 g/mol. The summed E-state index contributed by atoms with van der Waals surface area (Å²) in [5.74, 6) is -2.38. The molecule has 0 aromatic heterocycles. The fraction of sp³-hybridized carbons (Fsp3) is 0.533. The largest absolute Gasteiger partial charge is 0.341 e. The molecule has 1 aliphatic carbocycles. The Morgan fingerprint density at radius 2 is 2.00 bits per heavy atom. The summed E-state index contributed by atoms with van der Waals surface area (Å²) < 4.78 is 24.5. The second kappa shape index (κ2) is 6.75. The molecule has 6 heteroatoms. The molecule has 1 saturated carbocycles. The topological polar surface area (TPSA) is 46.3 Å². The highest BCUT2D eigenvalue weighted by atomic mass is 32.2. The molecule has 21 heavy (non-hydrogen) atoms. The first-order chi connectivity index (χ1) is 9.88. The summed E-state index contributed by atoms with van der Waals surface area (Å²) in [5.41, 5.74) is 6.68. The molecule has 116 valence electrons. The van der Waals surface area contributed by atoms with Crippen molar-refractivity contribution in [2.45, 2.75) is 48.4 Å². The summed E-state index contributed by atoms with van der Waals surface area (Å²) in [6, 6.07) is 6.85. The van der Waals surface area contributed by atoms with Crippen molar-refractivity contribution in [3.63, 3.8) is 0 Å². The van der Waals surface area contributed by atoms with Crippen molar-refractivity contribution in [1.29, 1.82) is 0 Å². The van der Waals surface area contributed by atoms with Crippen LogP contribution in [0.4, 0.5) is 8.78 Å². The van der Waals surface area contributed by atoms with Crippen molar-refractivity contribution in [2.24, 2.45) is 5.73 Å². The zero-order valence-corrected chi connectivity index (χ0v) is 12.8. The molecule has 0 heterocycles. The summed E-state index contributed by atoms with van der Waals surface area (Å²) in [7, 11) is 1.74. The molecule has 0 atom stereocenters. The molecule has 0 spiro atoms. The minimum atomic E-state index is -2.41.